The van der Waals surface area contributed by atoms with Gasteiger partial charge in [0.2, 0.25) is 0 Å². The minimum Gasteiger partial charge on any atom is -0.490 e. The van der Waals surface area contributed by atoms with Gasteiger partial charge in [0.15, 0.2) is 5.82 Å². The molecule has 0 fully saturated rings. The van der Waals surface area contributed by atoms with Gasteiger partial charge in [0.05, 0.1) is 18.2 Å². The predicted octanol–water partition coefficient (Wildman–Crippen LogP) is 4.56. The Hall–Kier alpha value is -3.37. The second-order valence-corrected chi connectivity index (χ2v) is 10.5. The molecule has 2 rings (SSSR count). The summed E-state index contributed by atoms with van der Waals surface area (Å²) in [5.74, 6) is -0.866. The summed E-state index contributed by atoms with van der Waals surface area (Å²) in [6, 6.07) is 2.35. The van der Waals surface area contributed by atoms with E-state index in [1.165, 1.54) is 29.6 Å². The lowest BCUT2D eigenvalue weighted by Gasteiger charge is -2.24. The van der Waals surface area contributed by atoms with E-state index in [1.807, 2.05) is 27.7 Å². The number of carbonyl (C=O) groups excluding carboxylic acids is 2. The van der Waals surface area contributed by atoms with Crippen LogP contribution in [-0.2, 0) is 18.3 Å². The highest BCUT2D eigenvalue weighted by Crippen LogP contribution is 2.27. The molecule has 1 atom stereocenters. The molecule has 11 heteroatoms. The first kappa shape index (κ1) is 30.9. The van der Waals surface area contributed by atoms with E-state index in [1.54, 1.807) is 20.8 Å². The lowest BCUT2D eigenvalue weighted by atomic mass is 10.1. The number of rotatable bonds is 11. The summed E-state index contributed by atoms with van der Waals surface area (Å²) in [5.41, 5.74) is -1.41. The third-order valence-corrected chi connectivity index (χ3v) is 6.02. The van der Waals surface area contributed by atoms with Gasteiger partial charge in [-0.15, -0.1) is 5.10 Å². The lowest BCUT2D eigenvalue weighted by molar-refractivity contribution is 0.0279. The summed E-state index contributed by atoms with van der Waals surface area (Å²) >= 11 is 0. The minimum atomic E-state index is -0.803. The highest BCUT2D eigenvalue weighted by molar-refractivity contribution is 5.97. The SMILES string of the molecule is CCCC(C)Oc1cc(-n2nc(CN(C)C(=O)OC(C)(C)C)n(C)c2=O)c(F)cc1C(=O)NC(CC)CC. The normalized spacial score (nSPS) is 12.4. The zero-order chi connectivity index (χ0) is 28.8. The van der Waals surface area contributed by atoms with Gasteiger partial charge in [-0.05, 0) is 53.0 Å². The Morgan fingerprint density at radius 1 is 1.18 bits per heavy atom. The van der Waals surface area contributed by atoms with Crippen LogP contribution < -0.4 is 15.7 Å². The highest BCUT2D eigenvalue weighted by atomic mass is 19.1. The molecule has 1 aromatic heterocycles. The molecule has 1 aromatic carbocycles. The molecule has 0 radical (unpaired) electrons. The number of halogens is 1. The molecule has 38 heavy (non-hydrogen) atoms. The van der Waals surface area contributed by atoms with Gasteiger partial charge in [0.25, 0.3) is 5.91 Å². The number of aromatic nitrogens is 3. The van der Waals surface area contributed by atoms with E-state index in [9.17, 15) is 14.4 Å². The maximum absolute atomic E-state index is 15.4. The Labute approximate surface area is 224 Å². The standard InChI is InChI=1S/C27H42FN5O5/c1-10-13-17(4)37-22-15-21(20(28)14-19(22)24(34)29-18(11-2)12-3)33-25(35)32(9)23(30-33)16-31(8)26(36)38-27(5,6)7/h14-15,17-18H,10-13,16H2,1-9H3,(H,29,34). The van der Waals surface area contributed by atoms with Crippen molar-refractivity contribution in [2.75, 3.05) is 7.05 Å². The van der Waals surface area contributed by atoms with Crippen molar-refractivity contribution in [3.8, 4) is 11.4 Å². The van der Waals surface area contributed by atoms with Crippen molar-refractivity contribution < 1.29 is 23.5 Å². The van der Waals surface area contributed by atoms with Crippen molar-refractivity contribution in [1.29, 1.82) is 0 Å². The van der Waals surface area contributed by atoms with Crippen LogP contribution in [0.5, 0.6) is 5.75 Å². The molecular weight excluding hydrogens is 493 g/mol. The van der Waals surface area contributed by atoms with E-state index in [2.05, 4.69) is 10.4 Å². The largest absolute Gasteiger partial charge is 0.490 e. The molecule has 2 amide bonds. The fraction of sp³-hybridized carbons (Fsp3) is 0.630. The van der Waals surface area contributed by atoms with Crippen LogP contribution in [0.25, 0.3) is 5.69 Å². The number of hydrogen-bond donors (Lipinski definition) is 1. The topological polar surface area (TPSA) is 108 Å². The monoisotopic (exact) mass is 535 g/mol. The Bertz CT molecular complexity index is 1180. The van der Waals surface area contributed by atoms with E-state index in [0.29, 0.717) is 0 Å². The van der Waals surface area contributed by atoms with Gasteiger partial charge in [0, 0.05) is 26.2 Å². The molecular formula is C27H42FN5O5. The van der Waals surface area contributed by atoms with Gasteiger partial charge in [0.1, 0.15) is 22.9 Å². The molecule has 212 valence electrons. The molecule has 0 spiro atoms. The van der Waals surface area contributed by atoms with Crippen molar-refractivity contribution in [2.24, 2.45) is 7.05 Å². The van der Waals surface area contributed by atoms with Crippen molar-refractivity contribution in [3.63, 3.8) is 0 Å². The van der Waals surface area contributed by atoms with Crippen LogP contribution in [0.2, 0.25) is 0 Å². The molecule has 0 saturated heterocycles. The number of ether oxygens (including phenoxy) is 2. The smallest absolute Gasteiger partial charge is 0.410 e. The second kappa shape index (κ2) is 12.9. The first-order valence-electron chi connectivity index (χ1n) is 13.1. The van der Waals surface area contributed by atoms with Crippen LogP contribution in [0.4, 0.5) is 9.18 Å². The lowest BCUT2D eigenvalue weighted by Crippen LogP contribution is -2.34. The van der Waals surface area contributed by atoms with Crippen LogP contribution in [-0.4, -0.2) is 56.0 Å². The molecule has 0 bridgehead atoms. The van der Waals surface area contributed by atoms with E-state index < -0.39 is 29.1 Å². The van der Waals surface area contributed by atoms with Crippen molar-refractivity contribution in [3.05, 3.63) is 39.8 Å². The Balaban J connectivity index is 2.51. The van der Waals surface area contributed by atoms with Crippen molar-refractivity contribution in [2.45, 2.75) is 98.4 Å². The molecule has 0 aliphatic heterocycles. The first-order chi connectivity index (χ1) is 17.7. The molecule has 0 aliphatic carbocycles. The molecule has 1 unspecified atom stereocenters. The summed E-state index contributed by atoms with van der Waals surface area (Å²) in [6.07, 6.45) is 2.23. The molecule has 0 aliphatic rings. The van der Waals surface area contributed by atoms with Gasteiger partial charge < -0.3 is 19.7 Å². The number of amides is 2. The molecule has 1 heterocycles. The van der Waals surface area contributed by atoms with Crippen LogP contribution >= 0.6 is 0 Å². The van der Waals surface area contributed by atoms with Gasteiger partial charge >= 0.3 is 11.8 Å². The summed E-state index contributed by atoms with van der Waals surface area (Å²) in [6.45, 7) is 13.0. The number of carbonyl (C=O) groups is 2. The quantitative estimate of drug-likeness (QED) is 0.452. The van der Waals surface area contributed by atoms with Crippen LogP contribution in [0.3, 0.4) is 0 Å². The molecule has 1 N–H and O–H groups in total. The van der Waals surface area contributed by atoms with Crippen LogP contribution in [0, 0.1) is 5.82 Å². The molecule has 0 saturated carbocycles. The first-order valence-corrected chi connectivity index (χ1v) is 13.1. The van der Waals surface area contributed by atoms with E-state index in [0.717, 1.165) is 36.4 Å². The molecule has 2 aromatic rings. The minimum absolute atomic E-state index is 0.0396. The zero-order valence-corrected chi connectivity index (χ0v) is 24.1. The predicted molar refractivity (Wildman–Crippen MR) is 143 cm³/mol. The van der Waals surface area contributed by atoms with Crippen molar-refractivity contribution >= 4 is 12.0 Å². The summed E-state index contributed by atoms with van der Waals surface area (Å²) in [7, 11) is 3.01. The highest BCUT2D eigenvalue weighted by Gasteiger charge is 2.25. The van der Waals surface area contributed by atoms with E-state index >= 15 is 4.39 Å². The van der Waals surface area contributed by atoms with Crippen molar-refractivity contribution in [1.82, 2.24) is 24.6 Å². The number of nitrogens with one attached hydrogen (secondary N) is 1. The average Bonchev–Trinajstić information content (AvgIpc) is 3.10. The maximum Gasteiger partial charge on any atom is 0.410 e. The molecule has 10 nitrogen and oxygen atoms in total. The second-order valence-electron chi connectivity index (χ2n) is 10.5. The fourth-order valence-electron chi connectivity index (χ4n) is 3.81. The average molecular weight is 536 g/mol. The van der Waals surface area contributed by atoms with Crippen LogP contribution in [0.15, 0.2) is 16.9 Å². The van der Waals surface area contributed by atoms with Gasteiger partial charge in [-0.2, -0.15) is 4.68 Å². The Morgan fingerprint density at radius 2 is 1.82 bits per heavy atom. The number of nitrogens with zero attached hydrogens (tertiary/aromatic N) is 4. The summed E-state index contributed by atoms with van der Waals surface area (Å²) in [4.78, 5) is 39.7. The van der Waals surface area contributed by atoms with Gasteiger partial charge in [-0.1, -0.05) is 27.2 Å². The van der Waals surface area contributed by atoms with E-state index in [4.69, 9.17) is 9.47 Å². The van der Waals surface area contributed by atoms with Gasteiger partial charge in [-0.25, -0.2) is 14.0 Å². The van der Waals surface area contributed by atoms with E-state index in [-0.39, 0.29) is 41.5 Å². The fourth-order valence-corrected chi connectivity index (χ4v) is 3.81. The third kappa shape index (κ3) is 7.82. The number of hydrogen-bond acceptors (Lipinski definition) is 6. The zero-order valence-electron chi connectivity index (χ0n) is 24.1. The summed E-state index contributed by atoms with van der Waals surface area (Å²) in [5, 5.41) is 7.20. The summed E-state index contributed by atoms with van der Waals surface area (Å²) < 4.78 is 29.0. The third-order valence-electron chi connectivity index (χ3n) is 6.02. The van der Waals surface area contributed by atoms with Gasteiger partial charge in [-0.3, -0.25) is 9.36 Å². The maximum atomic E-state index is 15.4. The Morgan fingerprint density at radius 3 is 2.37 bits per heavy atom. The van der Waals surface area contributed by atoms with Crippen LogP contribution in [0.1, 0.15) is 90.3 Å². The number of benzene rings is 1. The Kier molecular flexibility index (Phi) is 10.5.